The van der Waals surface area contributed by atoms with Crippen LogP contribution < -0.4 is 16.0 Å². The van der Waals surface area contributed by atoms with Crippen molar-refractivity contribution in [1.82, 2.24) is 10.2 Å². The Labute approximate surface area is 179 Å². The van der Waals surface area contributed by atoms with Gasteiger partial charge in [0.2, 0.25) is 5.91 Å². The van der Waals surface area contributed by atoms with Crippen LogP contribution in [-0.4, -0.2) is 46.0 Å². The molecule has 168 valence electrons. The van der Waals surface area contributed by atoms with Crippen LogP contribution in [0.15, 0.2) is 18.2 Å². The van der Waals surface area contributed by atoms with Crippen molar-refractivity contribution >= 4 is 35.3 Å². The molecule has 1 atom stereocenters. The summed E-state index contributed by atoms with van der Waals surface area (Å²) in [5.41, 5.74) is -1.67. The Morgan fingerprint density at radius 2 is 1.84 bits per heavy atom. The van der Waals surface area contributed by atoms with Crippen LogP contribution in [-0.2, 0) is 14.3 Å². The molecule has 1 aromatic rings. The SMILES string of the molecule is CC(C(=O)Nc1ccc(F)c(NC(=O)OC(C)(C)C)c1)N1C(=O)NC2(CCCC2)C1=O. The molecule has 9 nitrogen and oxygen atoms in total. The molecule has 10 heteroatoms. The molecule has 3 N–H and O–H groups in total. The van der Waals surface area contributed by atoms with Gasteiger partial charge < -0.3 is 15.4 Å². The second-order valence-electron chi connectivity index (χ2n) is 8.88. The topological polar surface area (TPSA) is 117 Å². The van der Waals surface area contributed by atoms with Gasteiger partial charge in [-0.3, -0.25) is 14.9 Å². The van der Waals surface area contributed by atoms with Crippen molar-refractivity contribution in [2.75, 3.05) is 10.6 Å². The Balaban J connectivity index is 1.69. The van der Waals surface area contributed by atoms with Crippen molar-refractivity contribution in [2.24, 2.45) is 0 Å². The molecule has 1 spiro atoms. The lowest BCUT2D eigenvalue weighted by Gasteiger charge is -2.23. The van der Waals surface area contributed by atoms with Crippen LogP contribution in [0.1, 0.15) is 53.4 Å². The van der Waals surface area contributed by atoms with E-state index in [-0.39, 0.29) is 11.4 Å². The summed E-state index contributed by atoms with van der Waals surface area (Å²) >= 11 is 0. The molecular weight excluding hydrogens is 407 g/mol. The molecular formula is C21H27FN4O5. The zero-order chi connectivity index (χ0) is 23.0. The number of ether oxygens (including phenoxy) is 1. The Bertz CT molecular complexity index is 921. The van der Waals surface area contributed by atoms with E-state index in [1.807, 2.05) is 0 Å². The number of nitrogens with one attached hydrogen (secondary N) is 3. The maximum Gasteiger partial charge on any atom is 0.412 e. The minimum atomic E-state index is -1.07. The van der Waals surface area contributed by atoms with E-state index in [1.165, 1.54) is 19.1 Å². The van der Waals surface area contributed by atoms with E-state index >= 15 is 0 Å². The molecule has 5 amide bonds. The number of benzene rings is 1. The van der Waals surface area contributed by atoms with Crippen LogP contribution in [0.3, 0.4) is 0 Å². The third-order valence-corrected chi connectivity index (χ3v) is 5.29. The normalized spacial score (nSPS) is 18.7. The summed E-state index contributed by atoms with van der Waals surface area (Å²) in [5, 5.41) is 7.58. The Kier molecular flexibility index (Phi) is 5.93. The van der Waals surface area contributed by atoms with Crippen LogP contribution in [0.5, 0.6) is 0 Å². The van der Waals surface area contributed by atoms with Gasteiger partial charge in [0.25, 0.3) is 5.91 Å². The quantitative estimate of drug-likeness (QED) is 0.628. The van der Waals surface area contributed by atoms with Gasteiger partial charge in [-0.15, -0.1) is 0 Å². The fraction of sp³-hybridized carbons (Fsp3) is 0.524. The second kappa shape index (κ2) is 8.16. The fourth-order valence-corrected chi connectivity index (χ4v) is 3.79. The number of anilines is 2. The van der Waals surface area contributed by atoms with Crippen molar-refractivity contribution in [3.8, 4) is 0 Å². The zero-order valence-electron chi connectivity index (χ0n) is 18.0. The standard InChI is InChI=1S/C21H27FN4O5/c1-12(26-17(28)21(25-18(26)29)9-5-6-10-21)16(27)23-13-7-8-14(22)15(11-13)24-19(30)31-20(2,3)4/h7-8,11-12H,5-6,9-10H2,1-4H3,(H,23,27)(H,24,30)(H,25,29). The number of hydrogen-bond acceptors (Lipinski definition) is 5. The third-order valence-electron chi connectivity index (χ3n) is 5.29. The molecule has 1 aliphatic carbocycles. The van der Waals surface area contributed by atoms with Gasteiger partial charge in [-0.25, -0.2) is 18.9 Å². The van der Waals surface area contributed by atoms with Gasteiger partial charge in [0.15, 0.2) is 0 Å². The summed E-state index contributed by atoms with van der Waals surface area (Å²) in [7, 11) is 0. The second-order valence-corrected chi connectivity index (χ2v) is 8.88. The highest BCUT2D eigenvalue weighted by molar-refractivity contribution is 6.11. The molecule has 2 fully saturated rings. The summed E-state index contributed by atoms with van der Waals surface area (Å²) < 4.78 is 19.2. The van der Waals surface area contributed by atoms with E-state index in [0.717, 1.165) is 23.8 Å². The summed E-state index contributed by atoms with van der Waals surface area (Å²) in [6.07, 6.45) is 1.94. The first-order chi connectivity index (χ1) is 14.4. The molecule has 2 aliphatic rings. The monoisotopic (exact) mass is 434 g/mol. The van der Waals surface area contributed by atoms with Crippen LogP contribution in [0.2, 0.25) is 0 Å². The van der Waals surface area contributed by atoms with Crippen molar-refractivity contribution in [3.05, 3.63) is 24.0 Å². The van der Waals surface area contributed by atoms with E-state index in [0.29, 0.717) is 12.8 Å². The number of urea groups is 1. The smallest absolute Gasteiger partial charge is 0.412 e. The van der Waals surface area contributed by atoms with Gasteiger partial charge >= 0.3 is 12.1 Å². The Hall–Kier alpha value is -3.17. The fourth-order valence-electron chi connectivity index (χ4n) is 3.79. The van der Waals surface area contributed by atoms with Crippen LogP contribution >= 0.6 is 0 Å². The van der Waals surface area contributed by atoms with E-state index in [2.05, 4.69) is 16.0 Å². The summed E-state index contributed by atoms with van der Waals surface area (Å²) in [6.45, 7) is 6.47. The lowest BCUT2D eigenvalue weighted by atomic mass is 9.97. The number of halogens is 1. The van der Waals surface area contributed by atoms with Crippen molar-refractivity contribution in [3.63, 3.8) is 0 Å². The predicted octanol–water partition coefficient (Wildman–Crippen LogP) is 3.36. The largest absolute Gasteiger partial charge is 0.444 e. The highest BCUT2D eigenvalue weighted by Gasteiger charge is 2.54. The lowest BCUT2D eigenvalue weighted by molar-refractivity contribution is -0.136. The summed E-state index contributed by atoms with van der Waals surface area (Å²) in [4.78, 5) is 50.8. The van der Waals surface area contributed by atoms with E-state index in [9.17, 15) is 23.6 Å². The number of rotatable bonds is 4. The Morgan fingerprint density at radius 1 is 1.19 bits per heavy atom. The van der Waals surface area contributed by atoms with Gasteiger partial charge in [0.05, 0.1) is 5.69 Å². The first-order valence-electron chi connectivity index (χ1n) is 10.2. The number of nitrogens with zero attached hydrogens (tertiary/aromatic N) is 1. The molecule has 1 unspecified atom stereocenters. The third kappa shape index (κ3) is 4.78. The number of imide groups is 1. The van der Waals surface area contributed by atoms with E-state index in [1.54, 1.807) is 20.8 Å². The van der Waals surface area contributed by atoms with Gasteiger partial charge in [-0.05, 0) is 58.7 Å². The van der Waals surface area contributed by atoms with Crippen LogP contribution in [0.25, 0.3) is 0 Å². The average molecular weight is 434 g/mol. The van der Waals surface area contributed by atoms with Crippen molar-refractivity contribution < 1.29 is 28.3 Å². The number of hydrogen-bond donors (Lipinski definition) is 3. The predicted molar refractivity (Wildman–Crippen MR) is 111 cm³/mol. The van der Waals surface area contributed by atoms with Crippen LogP contribution in [0.4, 0.5) is 25.4 Å². The number of carbonyl (C=O) groups is 4. The molecule has 1 aromatic carbocycles. The Morgan fingerprint density at radius 3 is 2.45 bits per heavy atom. The summed E-state index contributed by atoms with van der Waals surface area (Å²) in [6, 6.07) is 1.95. The average Bonchev–Trinajstić information content (AvgIpc) is 3.21. The maximum atomic E-state index is 14.1. The highest BCUT2D eigenvalue weighted by Crippen LogP contribution is 2.36. The molecule has 0 radical (unpaired) electrons. The lowest BCUT2D eigenvalue weighted by Crippen LogP contribution is -2.48. The van der Waals surface area contributed by atoms with Crippen molar-refractivity contribution in [1.29, 1.82) is 0 Å². The molecule has 0 bridgehead atoms. The molecule has 1 saturated carbocycles. The zero-order valence-corrected chi connectivity index (χ0v) is 18.0. The number of carbonyl (C=O) groups excluding carboxylic acids is 4. The molecule has 1 heterocycles. The minimum absolute atomic E-state index is 0.181. The molecule has 0 aromatic heterocycles. The van der Waals surface area contributed by atoms with Gasteiger partial charge in [-0.1, -0.05) is 12.8 Å². The molecule has 1 aliphatic heterocycles. The van der Waals surface area contributed by atoms with E-state index in [4.69, 9.17) is 4.74 Å². The first kappa shape index (κ1) is 22.5. The first-order valence-corrected chi connectivity index (χ1v) is 10.2. The van der Waals surface area contributed by atoms with Crippen LogP contribution in [0, 0.1) is 5.82 Å². The van der Waals surface area contributed by atoms with Gasteiger partial charge in [0, 0.05) is 5.69 Å². The van der Waals surface area contributed by atoms with Crippen molar-refractivity contribution in [2.45, 2.75) is 70.6 Å². The van der Waals surface area contributed by atoms with Gasteiger partial charge in [-0.2, -0.15) is 0 Å². The van der Waals surface area contributed by atoms with Gasteiger partial charge in [0.1, 0.15) is 23.0 Å². The minimum Gasteiger partial charge on any atom is -0.444 e. The highest BCUT2D eigenvalue weighted by atomic mass is 19.1. The van der Waals surface area contributed by atoms with E-state index < -0.39 is 46.9 Å². The number of amides is 5. The molecule has 1 saturated heterocycles. The maximum absolute atomic E-state index is 14.1. The summed E-state index contributed by atoms with van der Waals surface area (Å²) in [5.74, 6) is -1.73. The molecule has 31 heavy (non-hydrogen) atoms. The molecule has 3 rings (SSSR count).